The third-order valence-corrected chi connectivity index (χ3v) is 4.20. The van der Waals surface area contributed by atoms with Crippen LogP contribution in [0.15, 0.2) is 36.2 Å². The third-order valence-electron chi connectivity index (χ3n) is 3.31. The van der Waals surface area contributed by atoms with E-state index in [4.69, 9.17) is 0 Å². The van der Waals surface area contributed by atoms with Crippen molar-refractivity contribution >= 4 is 11.3 Å². The molecule has 0 aliphatic carbocycles. The molecule has 1 N–H and O–H groups in total. The van der Waals surface area contributed by atoms with Crippen molar-refractivity contribution in [3.63, 3.8) is 0 Å². The number of aromatic amines is 1. The van der Waals surface area contributed by atoms with E-state index in [0.29, 0.717) is 0 Å². The predicted octanol–water partition coefficient (Wildman–Crippen LogP) is 2.42. The number of hydrogen-bond acceptors (Lipinski definition) is 5. The van der Waals surface area contributed by atoms with Crippen molar-refractivity contribution in [1.29, 1.82) is 0 Å². The molecule has 0 unspecified atom stereocenters. The van der Waals surface area contributed by atoms with Gasteiger partial charge in [-0.2, -0.15) is 10.2 Å². The summed E-state index contributed by atoms with van der Waals surface area (Å²) in [5.74, 6) is 0. The minimum Gasteiger partial charge on any atom is -0.298 e. The zero-order chi connectivity index (χ0) is 14.7. The van der Waals surface area contributed by atoms with E-state index in [-0.39, 0.29) is 6.04 Å². The van der Waals surface area contributed by atoms with Crippen LogP contribution in [-0.4, -0.2) is 43.5 Å². The summed E-state index contributed by atoms with van der Waals surface area (Å²) >= 11 is 1.70. The molecule has 0 amide bonds. The molecule has 7 heteroatoms. The Bertz CT molecular complexity index is 658. The molecule has 0 saturated carbocycles. The van der Waals surface area contributed by atoms with E-state index in [1.165, 1.54) is 4.88 Å². The van der Waals surface area contributed by atoms with E-state index in [1.54, 1.807) is 24.0 Å². The number of H-pyrrole nitrogens is 1. The molecular weight excluding hydrogens is 284 g/mol. The van der Waals surface area contributed by atoms with Crippen LogP contribution in [-0.2, 0) is 6.54 Å². The fraction of sp³-hybridized carbons (Fsp3) is 0.357. The largest absolute Gasteiger partial charge is 0.298 e. The maximum atomic E-state index is 4.37. The van der Waals surface area contributed by atoms with Gasteiger partial charge in [0.05, 0.1) is 10.9 Å². The van der Waals surface area contributed by atoms with Crippen LogP contribution in [0.4, 0.5) is 0 Å². The highest BCUT2D eigenvalue weighted by molar-refractivity contribution is 7.13. The highest BCUT2D eigenvalue weighted by Gasteiger charge is 2.11. The van der Waals surface area contributed by atoms with Crippen molar-refractivity contribution in [3.05, 3.63) is 41.9 Å². The lowest BCUT2D eigenvalue weighted by Crippen LogP contribution is -2.26. The summed E-state index contributed by atoms with van der Waals surface area (Å²) in [5, 5.41) is 13.7. The van der Waals surface area contributed by atoms with Crippen LogP contribution in [0.25, 0.3) is 10.6 Å². The van der Waals surface area contributed by atoms with Crippen LogP contribution in [0, 0.1) is 0 Å². The van der Waals surface area contributed by atoms with Gasteiger partial charge in [-0.15, -0.1) is 11.3 Å². The lowest BCUT2D eigenvalue weighted by atomic mass is 10.3. The van der Waals surface area contributed by atoms with Gasteiger partial charge in [-0.25, -0.2) is 9.67 Å². The van der Waals surface area contributed by atoms with Crippen LogP contribution >= 0.6 is 11.3 Å². The highest BCUT2D eigenvalue weighted by Crippen LogP contribution is 2.23. The number of nitrogens with one attached hydrogen (secondary N) is 1. The molecule has 3 aromatic heterocycles. The zero-order valence-corrected chi connectivity index (χ0v) is 12.9. The quantitative estimate of drug-likeness (QED) is 0.759. The SMILES string of the molecule is C[C@@H](CN(C)Cc1cc(-c2cccs2)n[nH]1)n1cncn1. The smallest absolute Gasteiger partial charge is 0.137 e. The summed E-state index contributed by atoms with van der Waals surface area (Å²) in [4.78, 5) is 7.42. The number of nitrogens with zero attached hydrogens (tertiary/aromatic N) is 5. The lowest BCUT2D eigenvalue weighted by molar-refractivity contribution is 0.266. The standard InChI is InChI=1S/C14H18N6S/c1-11(20-10-15-9-16-20)7-19(2)8-12-6-13(18-17-12)14-4-3-5-21-14/h3-6,9-11H,7-8H2,1-2H3,(H,17,18)/t11-/m0/s1. The molecule has 0 aliphatic heterocycles. The molecule has 6 nitrogen and oxygen atoms in total. The average Bonchev–Trinajstić information content (AvgIpc) is 3.21. The first-order valence-corrected chi connectivity index (χ1v) is 7.71. The molecule has 0 aromatic carbocycles. The zero-order valence-electron chi connectivity index (χ0n) is 12.1. The second-order valence-electron chi connectivity index (χ2n) is 5.18. The highest BCUT2D eigenvalue weighted by atomic mass is 32.1. The molecule has 0 radical (unpaired) electrons. The summed E-state index contributed by atoms with van der Waals surface area (Å²) in [7, 11) is 2.10. The summed E-state index contributed by atoms with van der Waals surface area (Å²) < 4.78 is 1.88. The molecule has 3 rings (SSSR count). The number of aromatic nitrogens is 5. The summed E-state index contributed by atoms with van der Waals surface area (Å²) in [6, 6.07) is 6.53. The topological polar surface area (TPSA) is 62.6 Å². The van der Waals surface area contributed by atoms with E-state index in [0.717, 1.165) is 24.5 Å². The predicted molar refractivity (Wildman–Crippen MR) is 83.0 cm³/mol. The molecule has 0 aliphatic rings. The minimum atomic E-state index is 0.289. The molecule has 0 fully saturated rings. The second kappa shape index (κ2) is 6.19. The summed E-state index contributed by atoms with van der Waals surface area (Å²) in [6.45, 7) is 3.86. The molecule has 21 heavy (non-hydrogen) atoms. The fourth-order valence-corrected chi connectivity index (χ4v) is 3.01. The Morgan fingerprint density at radius 2 is 2.38 bits per heavy atom. The first-order chi connectivity index (χ1) is 10.2. The van der Waals surface area contributed by atoms with Crippen LogP contribution in [0.5, 0.6) is 0 Å². The Balaban J connectivity index is 1.59. The third kappa shape index (κ3) is 3.37. The molecule has 110 valence electrons. The van der Waals surface area contributed by atoms with Gasteiger partial charge in [0, 0.05) is 18.8 Å². The van der Waals surface area contributed by atoms with Crippen LogP contribution in [0.3, 0.4) is 0 Å². The normalized spacial score (nSPS) is 12.9. The molecule has 0 bridgehead atoms. The van der Waals surface area contributed by atoms with E-state index >= 15 is 0 Å². The molecule has 3 heterocycles. The van der Waals surface area contributed by atoms with Crippen LogP contribution in [0.2, 0.25) is 0 Å². The maximum absolute atomic E-state index is 4.37. The van der Waals surface area contributed by atoms with Gasteiger partial charge < -0.3 is 0 Å². The number of rotatable bonds is 6. The maximum Gasteiger partial charge on any atom is 0.137 e. The first kappa shape index (κ1) is 14.0. The first-order valence-electron chi connectivity index (χ1n) is 6.83. The van der Waals surface area contributed by atoms with Crippen LogP contribution in [0.1, 0.15) is 18.7 Å². The second-order valence-corrected chi connectivity index (χ2v) is 6.12. The van der Waals surface area contributed by atoms with Crippen LogP contribution < -0.4 is 0 Å². The Labute approximate surface area is 127 Å². The molecule has 0 spiro atoms. The van der Waals surface area contributed by atoms with Crippen molar-refractivity contribution in [3.8, 4) is 10.6 Å². The number of likely N-dealkylation sites (N-methyl/N-ethyl adjacent to an activating group) is 1. The van der Waals surface area contributed by atoms with Gasteiger partial charge in [-0.3, -0.25) is 10.00 Å². The molecule has 0 saturated heterocycles. The van der Waals surface area contributed by atoms with Gasteiger partial charge in [0.25, 0.3) is 0 Å². The Morgan fingerprint density at radius 1 is 1.48 bits per heavy atom. The van der Waals surface area contributed by atoms with E-state index in [2.05, 4.69) is 56.7 Å². The van der Waals surface area contributed by atoms with Gasteiger partial charge in [0.15, 0.2) is 0 Å². The van der Waals surface area contributed by atoms with E-state index in [1.807, 2.05) is 10.7 Å². The molecule has 1 atom stereocenters. The van der Waals surface area contributed by atoms with Gasteiger partial charge in [0.1, 0.15) is 18.3 Å². The summed E-state index contributed by atoms with van der Waals surface area (Å²) in [5.41, 5.74) is 2.13. The lowest BCUT2D eigenvalue weighted by Gasteiger charge is -2.20. The Kier molecular flexibility index (Phi) is 4.12. The molecule has 3 aromatic rings. The number of thiophene rings is 1. The van der Waals surface area contributed by atoms with E-state index < -0.39 is 0 Å². The van der Waals surface area contributed by atoms with Crippen molar-refractivity contribution in [1.82, 2.24) is 29.9 Å². The van der Waals surface area contributed by atoms with Gasteiger partial charge >= 0.3 is 0 Å². The Hall–Kier alpha value is -1.99. The van der Waals surface area contributed by atoms with Gasteiger partial charge in [0.2, 0.25) is 0 Å². The van der Waals surface area contributed by atoms with Crippen molar-refractivity contribution < 1.29 is 0 Å². The van der Waals surface area contributed by atoms with Crippen molar-refractivity contribution in [2.24, 2.45) is 0 Å². The average molecular weight is 302 g/mol. The molecular formula is C14H18N6S. The van der Waals surface area contributed by atoms with Gasteiger partial charge in [-0.05, 0) is 31.5 Å². The Morgan fingerprint density at radius 3 is 3.10 bits per heavy atom. The monoisotopic (exact) mass is 302 g/mol. The minimum absolute atomic E-state index is 0.289. The van der Waals surface area contributed by atoms with Crippen molar-refractivity contribution in [2.45, 2.75) is 19.5 Å². The van der Waals surface area contributed by atoms with Gasteiger partial charge in [-0.1, -0.05) is 6.07 Å². The fourth-order valence-electron chi connectivity index (χ4n) is 2.33. The number of hydrogen-bond donors (Lipinski definition) is 1. The summed E-state index contributed by atoms with van der Waals surface area (Å²) in [6.07, 6.45) is 3.32. The van der Waals surface area contributed by atoms with Crippen molar-refractivity contribution in [2.75, 3.05) is 13.6 Å². The van der Waals surface area contributed by atoms with E-state index in [9.17, 15) is 0 Å².